The van der Waals surface area contributed by atoms with Crippen molar-refractivity contribution in [3.63, 3.8) is 0 Å². The highest BCUT2D eigenvalue weighted by Crippen LogP contribution is 2.25. The van der Waals surface area contributed by atoms with Gasteiger partial charge in [0, 0.05) is 24.7 Å². The lowest BCUT2D eigenvalue weighted by Crippen LogP contribution is -2.50. The van der Waals surface area contributed by atoms with E-state index in [1.807, 2.05) is 34.5 Å². The van der Waals surface area contributed by atoms with Gasteiger partial charge in [0.05, 0.1) is 17.8 Å². The zero-order chi connectivity index (χ0) is 18.1. The minimum Gasteiger partial charge on any atom is -0.332 e. The van der Waals surface area contributed by atoms with Crippen molar-refractivity contribution in [2.75, 3.05) is 19.6 Å². The van der Waals surface area contributed by atoms with Gasteiger partial charge in [0.15, 0.2) is 0 Å². The predicted octanol–water partition coefficient (Wildman–Crippen LogP) is 2.71. The molecule has 0 saturated carbocycles. The second kappa shape index (κ2) is 8.39. The Morgan fingerprint density at radius 2 is 2.22 bits per heavy atom. The van der Waals surface area contributed by atoms with Crippen LogP contribution in [0.1, 0.15) is 11.6 Å². The lowest BCUT2D eigenvalue weighted by atomic mass is 10.0. The maximum Gasteiger partial charge on any atom is 0.262 e. The molecule has 3 aromatic rings. The van der Waals surface area contributed by atoms with Crippen LogP contribution >= 0.6 is 35.3 Å². The van der Waals surface area contributed by atoms with Gasteiger partial charge in [0.2, 0.25) is 5.91 Å². The number of hydrogen-bond acceptors (Lipinski definition) is 5. The quantitative estimate of drug-likeness (QED) is 0.701. The van der Waals surface area contributed by atoms with E-state index in [9.17, 15) is 9.59 Å². The van der Waals surface area contributed by atoms with E-state index in [4.69, 9.17) is 11.6 Å². The number of aromatic nitrogens is 2. The number of rotatable bonds is 3. The fourth-order valence-corrected chi connectivity index (χ4v) is 4.18. The third kappa shape index (κ3) is 4.01. The first-order chi connectivity index (χ1) is 12.6. The van der Waals surface area contributed by atoms with Crippen LogP contribution in [0.25, 0.3) is 10.2 Å². The molecule has 3 heterocycles. The molecule has 1 unspecified atom stereocenters. The van der Waals surface area contributed by atoms with Gasteiger partial charge in [-0.15, -0.1) is 23.7 Å². The van der Waals surface area contributed by atoms with Gasteiger partial charge in [-0.05, 0) is 29.1 Å². The number of piperazine rings is 1. The molecule has 2 aromatic heterocycles. The summed E-state index contributed by atoms with van der Waals surface area (Å²) >= 11 is 7.53. The van der Waals surface area contributed by atoms with Crippen molar-refractivity contribution in [3.8, 4) is 0 Å². The van der Waals surface area contributed by atoms with E-state index in [0.29, 0.717) is 28.3 Å². The minimum atomic E-state index is -0.181. The number of benzene rings is 1. The molecular formula is C18H18Cl2N4O2S. The van der Waals surface area contributed by atoms with Crippen LogP contribution in [0, 0.1) is 0 Å². The van der Waals surface area contributed by atoms with Gasteiger partial charge in [-0.3, -0.25) is 14.2 Å². The molecule has 1 aliphatic rings. The van der Waals surface area contributed by atoms with E-state index in [2.05, 4.69) is 10.3 Å². The molecule has 1 N–H and O–H groups in total. The lowest BCUT2D eigenvalue weighted by Gasteiger charge is -2.36. The van der Waals surface area contributed by atoms with Gasteiger partial charge in [-0.2, -0.15) is 0 Å². The molecule has 1 fully saturated rings. The number of fused-ring (bicyclic) bond motifs is 1. The third-order valence-electron chi connectivity index (χ3n) is 4.55. The van der Waals surface area contributed by atoms with Crippen LogP contribution in [0.4, 0.5) is 0 Å². The van der Waals surface area contributed by atoms with Crippen LogP contribution in [0.3, 0.4) is 0 Å². The Bertz CT molecular complexity index is 1020. The number of carbonyl (C=O) groups excluding carboxylic acids is 1. The SMILES string of the molecule is Cl.O=C(Cn1cnc2sccc2c1=O)N1CCNCC1c1cccc(Cl)c1. The largest absolute Gasteiger partial charge is 0.332 e. The van der Waals surface area contributed by atoms with Gasteiger partial charge in [-0.1, -0.05) is 23.7 Å². The summed E-state index contributed by atoms with van der Waals surface area (Å²) in [5, 5.41) is 6.34. The zero-order valence-electron chi connectivity index (χ0n) is 14.3. The van der Waals surface area contributed by atoms with Crippen LogP contribution in [-0.4, -0.2) is 40.0 Å². The Balaban J connectivity index is 0.00000210. The summed E-state index contributed by atoms with van der Waals surface area (Å²) in [5.41, 5.74) is 0.802. The molecule has 1 amide bonds. The van der Waals surface area contributed by atoms with E-state index in [1.54, 1.807) is 6.07 Å². The Hall–Kier alpha value is -1.93. The van der Waals surface area contributed by atoms with Crippen molar-refractivity contribution in [3.05, 3.63) is 63.0 Å². The zero-order valence-corrected chi connectivity index (χ0v) is 16.7. The van der Waals surface area contributed by atoms with Crippen molar-refractivity contribution in [1.29, 1.82) is 0 Å². The molecule has 142 valence electrons. The molecule has 6 nitrogen and oxygen atoms in total. The van der Waals surface area contributed by atoms with E-state index < -0.39 is 0 Å². The predicted molar refractivity (Wildman–Crippen MR) is 110 cm³/mol. The van der Waals surface area contributed by atoms with Crippen molar-refractivity contribution >= 4 is 51.5 Å². The molecule has 0 aliphatic carbocycles. The van der Waals surface area contributed by atoms with Crippen LogP contribution < -0.4 is 10.9 Å². The number of nitrogens with zero attached hydrogens (tertiary/aromatic N) is 3. The summed E-state index contributed by atoms with van der Waals surface area (Å²) in [4.78, 5) is 32.3. The summed E-state index contributed by atoms with van der Waals surface area (Å²) in [6.07, 6.45) is 1.45. The number of halogens is 2. The molecule has 1 atom stereocenters. The Morgan fingerprint density at radius 3 is 3.04 bits per heavy atom. The molecular weight excluding hydrogens is 407 g/mol. The van der Waals surface area contributed by atoms with Crippen molar-refractivity contribution in [1.82, 2.24) is 19.8 Å². The number of thiophene rings is 1. The van der Waals surface area contributed by atoms with Gasteiger partial charge in [0.25, 0.3) is 5.56 Å². The van der Waals surface area contributed by atoms with Gasteiger partial charge in [0.1, 0.15) is 11.4 Å². The second-order valence-electron chi connectivity index (χ2n) is 6.18. The van der Waals surface area contributed by atoms with Crippen molar-refractivity contribution < 1.29 is 4.79 Å². The number of nitrogens with one attached hydrogen (secondary N) is 1. The standard InChI is InChI=1S/C18H17ClN4O2S.ClH/c19-13-3-1-2-12(8-13)15-9-20-5-6-23(15)16(24)10-22-11-21-17-14(18(22)25)4-7-26-17;/h1-4,7-8,11,15,20H,5-6,9-10H2;1H. The average molecular weight is 425 g/mol. The summed E-state index contributed by atoms with van der Waals surface area (Å²) < 4.78 is 1.38. The second-order valence-corrected chi connectivity index (χ2v) is 7.51. The van der Waals surface area contributed by atoms with Gasteiger partial charge < -0.3 is 10.2 Å². The van der Waals surface area contributed by atoms with Crippen molar-refractivity contribution in [2.45, 2.75) is 12.6 Å². The fraction of sp³-hybridized carbons (Fsp3) is 0.278. The summed E-state index contributed by atoms with van der Waals surface area (Å²) in [5.74, 6) is -0.102. The highest BCUT2D eigenvalue weighted by molar-refractivity contribution is 7.16. The van der Waals surface area contributed by atoms with Gasteiger partial charge in [-0.25, -0.2) is 4.98 Å². The minimum absolute atomic E-state index is 0. The normalized spacial score (nSPS) is 16.9. The third-order valence-corrected chi connectivity index (χ3v) is 5.61. The number of carbonyl (C=O) groups is 1. The molecule has 4 rings (SSSR count). The highest BCUT2D eigenvalue weighted by atomic mass is 35.5. The van der Waals surface area contributed by atoms with E-state index in [0.717, 1.165) is 12.1 Å². The van der Waals surface area contributed by atoms with Crippen LogP contribution in [0.15, 0.2) is 46.8 Å². The van der Waals surface area contributed by atoms with Crippen molar-refractivity contribution in [2.24, 2.45) is 0 Å². The molecule has 0 radical (unpaired) electrons. The van der Waals surface area contributed by atoms with E-state index in [1.165, 1.54) is 22.2 Å². The first kappa shape index (κ1) is 19.8. The summed E-state index contributed by atoms with van der Waals surface area (Å²) in [7, 11) is 0. The van der Waals surface area contributed by atoms with Crippen LogP contribution in [0.2, 0.25) is 5.02 Å². The summed E-state index contributed by atoms with van der Waals surface area (Å²) in [6, 6.07) is 9.18. The van der Waals surface area contributed by atoms with E-state index in [-0.39, 0.29) is 36.5 Å². The van der Waals surface area contributed by atoms with Gasteiger partial charge >= 0.3 is 0 Å². The number of hydrogen-bond donors (Lipinski definition) is 1. The molecule has 1 aliphatic heterocycles. The Morgan fingerprint density at radius 1 is 1.37 bits per heavy atom. The number of amides is 1. The topological polar surface area (TPSA) is 67.2 Å². The smallest absolute Gasteiger partial charge is 0.262 e. The highest BCUT2D eigenvalue weighted by Gasteiger charge is 2.28. The molecule has 0 bridgehead atoms. The average Bonchev–Trinajstić information content (AvgIpc) is 3.13. The fourth-order valence-electron chi connectivity index (χ4n) is 3.26. The monoisotopic (exact) mass is 424 g/mol. The van der Waals surface area contributed by atoms with E-state index >= 15 is 0 Å². The molecule has 27 heavy (non-hydrogen) atoms. The molecule has 0 spiro atoms. The molecule has 9 heteroatoms. The van der Waals surface area contributed by atoms with Crippen LogP contribution in [0.5, 0.6) is 0 Å². The lowest BCUT2D eigenvalue weighted by molar-refractivity contribution is -0.135. The molecule has 1 saturated heterocycles. The first-order valence-electron chi connectivity index (χ1n) is 8.32. The summed E-state index contributed by atoms with van der Waals surface area (Å²) in [6.45, 7) is 1.94. The maximum absolute atomic E-state index is 12.9. The maximum atomic E-state index is 12.9. The Labute approximate surface area is 171 Å². The van der Waals surface area contributed by atoms with Crippen LogP contribution in [-0.2, 0) is 11.3 Å². The first-order valence-corrected chi connectivity index (χ1v) is 9.57. The molecule has 1 aromatic carbocycles. The Kier molecular flexibility index (Phi) is 6.16.